The Morgan fingerprint density at radius 3 is 2.67 bits per heavy atom. The van der Waals surface area contributed by atoms with Gasteiger partial charge in [-0.2, -0.15) is 10.4 Å². The van der Waals surface area contributed by atoms with Crippen molar-refractivity contribution in [2.75, 3.05) is 25.4 Å². The van der Waals surface area contributed by atoms with Gasteiger partial charge in [0.2, 0.25) is 0 Å². The second kappa shape index (κ2) is 9.47. The number of nitrogens with zero attached hydrogens (tertiary/aromatic N) is 6. The first-order valence-corrected chi connectivity index (χ1v) is 12.2. The number of nitriles is 1. The number of benzene rings is 1. The van der Waals surface area contributed by atoms with Gasteiger partial charge in [-0.3, -0.25) is 0 Å². The van der Waals surface area contributed by atoms with Gasteiger partial charge in [0.05, 0.1) is 34.3 Å². The lowest BCUT2D eigenvalue weighted by atomic mass is 9.85. The van der Waals surface area contributed by atoms with E-state index in [0.717, 1.165) is 5.56 Å². The topological polar surface area (TPSA) is 132 Å². The molecule has 36 heavy (non-hydrogen) atoms. The molecule has 1 unspecified atom stereocenters. The average Bonchev–Trinajstić information content (AvgIpc) is 3.10. The maximum Gasteiger partial charge on any atom is 0.410 e. The van der Waals surface area contributed by atoms with Gasteiger partial charge in [0.15, 0.2) is 5.65 Å². The van der Waals surface area contributed by atoms with Gasteiger partial charge in [0.1, 0.15) is 29.6 Å². The second-order valence-electron chi connectivity index (χ2n) is 9.86. The van der Waals surface area contributed by atoms with Crippen molar-refractivity contribution in [3.8, 4) is 11.8 Å². The van der Waals surface area contributed by atoms with E-state index in [9.17, 15) is 10.1 Å². The molecule has 2 aromatic heterocycles. The fourth-order valence-corrected chi connectivity index (χ4v) is 4.76. The highest BCUT2D eigenvalue weighted by Gasteiger charge is 2.39. The number of halogens is 1. The van der Waals surface area contributed by atoms with Crippen molar-refractivity contribution in [3.05, 3.63) is 39.8 Å². The van der Waals surface area contributed by atoms with Crippen molar-refractivity contribution in [3.63, 3.8) is 0 Å². The van der Waals surface area contributed by atoms with Crippen LogP contribution in [0.2, 0.25) is 5.02 Å². The van der Waals surface area contributed by atoms with E-state index in [4.69, 9.17) is 26.8 Å². The Morgan fingerprint density at radius 1 is 1.36 bits per heavy atom. The second-order valence-corrected chi connectivity index (χ2v) is 10.3. The summed E-state index contributed by atoms with van der Waals surface area (Å²) in [5.74, 6) is 0.798. The number of ether oxygens (including phenoxy) is 2. The van der Waals surface area contributed by atoms with Gasteiger partial charge >= 0.3 is 6.09 Å². The Kier molecular flexibility index (Phi) is 6.71. The predicted molar refractivity (Wildman–Crippen MR) is 136 cm³/mol. The number of hydrogen-bond donors (Lipinski definition) is 1. The number of likely N-dealkylation sites (tertiary alicyclic amines) is 1. The molecule has 3 heterocycles. The summed E-state index contributed by atoms with van der Waals surface area (Å²) in [6, 6.07) is 3.64. The van der Waals surface area contributed by atoms with E-state index in [-0.39, 0.29) is 18.1 Å². The molecule has 2 N–H and O–H groups in total. The molecule has 190 valence electrons. The first-order valence-electron chi connectivity index (χ1n) is 11.8. The van der Waals surface area contributed by atoms with E-state index < -0.39 is 5.60 Å². The molecule has 1 aliphatic rings. The normalized spacial score (nSPS) is 14.9. The SMILES string of the molecule is CCOc1c(C(C)n2nc(C)c3c(N)ncnc32)cc(Cl)c(C#N)c1C1CN(C(=O)OC(C)(C)C)C1. The van der Waals surface area contributed by atoms with Crippen molar-refractivity contribution in [1.29, 1.82) is 5.26 Å². The monoisotopic (exact) mass is 511 g/mol. The van der Waals surface area contributed by atoms with Crippen LogP contribution < -0.4 is 10.5 Å². The van der Waals surface area contributed by atoms with Gasteiger partial charge in [-0.05, 0) is 47.6 Å². The van der Waals surface area contributed by atoms with Gasteiger partial charge in [-0.1, -0.05) is 11.6 Å². The van der Waals surface area contributed by atoms with Crippen LogP contribution >= 0.6 is 11.6 Å². The predicted octanol–water partition coefficient (Wildman–Crippen LogP) is 4.58. The molecule has 11 heteroatoms. The molecule has 1 amide bonds. The fraction of sp³-hybridized carbons (Fsp3) is 0.480. The third kappa shape index (κ3) is 4.51. The summed E-state index contributed by atoms with van der Waals surface area (Å²) >= 11 is 6.64. The van der Waals surface area contributed by atoms with Crippen LogP contribution in [0.1, 0.15) is 69.0 Å². The molecule has 1 aliphatic heterocycles. The Labute approximate surface area is 215 Å². The summed E-state index contributed by atoms with van der Waals surface area (Å²) in [5.41, 5.74) is 8.59. The van der Waals surface area contributed by atoms with Crippen LogP contribution in [0.3, 0.4) is 0 Å². The molecule has 0 aliphatic carbocycles. The zero-order valence-electron chi connectivity index (χ0n) is 21.3. The number of nitrogens with two attached hydrogens (primary N) is 1. The van der Waals surface area contributed by atoms with Crippen LogP contribution in [0.15, 0.2) is 12.4 Å². The highest BCUT2D eigenvalue weighted by Crippen LogP contribution is 2.44. The number of aromatic nitrogens is 4. The van der Waals surface area contributed by atoms with Crippen LogP contribution in [0.5, 0.6) is 5.75 Å². The minimum atomic E-state index is -0.591. The average molecular weight is 512 g/mol. The molecular formula is C25H30ClN7O3. The highest BCUT2D eigenvalue weighted by molar-refractivity contribution is 6.32. The molecule has 10 nitrogen and oxygen atoms in total. The molecule has 1 aromatic carbocycles. The molecule has 0 bridgehead atoms. The van der Waals surface area contributed by atoms with E-state index >= 15 is 0 Å². The number of nitrogen functional groups attached to an aromatic ring is 1. The summed E-state index contributed by atoms with van der Waals surface area (Å²) in [7, 11) is 0. The van der Waals surface area contributed by atoms with Gasteiger partial charge < -0.3 is 20.1 Å². The Morgan fingerprint density at radius 2 is 2.06 bits per heavy atom. The minimum Gasteiger partial charge on any atom is -0.493 e. The van der Waals surface area contributed by atoms with Gasteiger partial charge in [0.25, 0.3) is 0 Å². The van der Waals surface area contributed by atoms with Gasteiger partial charge in [-0.15, -0.1) is 0 Å². The molecule has 0 saturated carbocycles. The Balaban J connectivity index is 1.78. The van der Waals surface area contributed by atoms with Crippen molar-refractivity contribution >= 4 is 34.5 Å². The summed E-state index contributed by atoms with van der Waals surface area (Å²) in [6.45, 7) is 12.3. The van der Waals surface area contributed by atoms with Crippen LogP contribution in [0.4, 0.5) is 10.6 Å². The summed E-state index contributed by atoms with van der Waals surface area (Å²) < 4.78 is 13.4. The zero-order valence-corrected chi connectivity index (χ0v) is 22.0. The van der Waals surface area contributed by atoms with E-state index in [1.807, 2.05) is 41.5 Å². The van der Waals surface area contributed by atoms with E-state index in [0.29, 0.717) is 64.1 Å². The molecule has 0 spiro atoms. The number of aryl methyl sites for hydroxylation is 1. The number of fused-ring (bicyclic) bond motifs is 1. The van der Waals surface area contributed by atoms with E-state index in [1.165, 1.54) is 6.33 Å². The van der Waals surface area contributed by atoms with Crippen LogP contribution in [-0.2, 0) is 4.74 Å². The largest absolute Gasteiger partial charge is 0.493 e. The van der Waals surface area contributed by atoms with E-state index in [1.54, 1.807) is 15.6 Å². The quantitative estimate of drug-likeness (QED) is 0.526. The first kappa shape index (κ1) is 25.5. The molecule has 1 saturated heterocycles. The van der Waals surface area contributed by atoms with Crippen molar-refractivity contribution in [2.45, 2.75) is 59.1 Å². The molecule has 4 rings (SSSR count). The van der Waals surface area contributed by atoms with Crippen LogP contribution in [-0.4, -0.2) is 56.0 Å². The summed E-state index contributed by atoms with van der Waals surface area (Å²) in [4.78, 5) is 22.6. The Hall–Kier alpha value is -3.58. The number of carbonyl (C=O) groups excluding carboxylic acids is 1. The van der Waals surface area contributed by atoms with Gasteiger partial charge in [-0.25, -0.2) is 19.4 Å². The van der Waals surface area contributed by atoms with Crippen LogP contribution in [0, 0.1) is 18.3 Å². The van der Waals surface area contributed by atoms with Crippen molar-refractivity contribution in [2.24, 2.45) is 0 Å². The molecule has 0 radical (unpaired) electrons. The summed E-state index contributed by atoms with van der Waals surface area (Å²) in [5, 5.41) is 15.7. The highest BCUT2D eigenvalue weighted by atomic mass is 35.5. The molecule has 1 fully saturated rings. The smallest absolute Gasteiger partial charge is 0.410 e. The van der Waals surface area contributed by atoms with Crippen LogP contribution in [0.25, 0.3) is 11.0 Å². The Bertz CT molecular complexity index is 1370. The van der Waals surface area contributed by atoms with Crippen molar-refractivity contribution in [1.82, 2.24) is 24.6 Å². The lowest BCUT2D eigenvalue weighted by Gasteiger charge is -2.41. The maximum atomic E-state index is 12.5. The maximum absolute atomic E-state index is 12.5. The third-order valence-electron chi connectivity index (χ3n) is 6.15. The minimum absolute atomic E-state index is 0.132. The lowest BCUT2D eigenvalue weighted by Crippen LogP contribution is -2.50. The number of carbonyl (C=O) groups is 1. The number of anilines is 1. The number of rotatable bonds is 5. The number of hydrogen-bond acceptors (Lipinski definition) is 8. The standard InChI is InChI=1S/C25H30ClN7O3/c1-7-35-21-16(14(3)33-23-19(13(2)31-33)22(28)29-12-30-23)8-18(26)17(9-27)20(21)15-10-32(11-15)24(34)36-25(4,5)6/h8,12,14-15H,7,10-11H2,1-6H3,(H2,28,29,30). The zero-order chi connectivity index (χ0) is 26.4. The third-order valence-corrected chi connectivity index (χ3v) is 6.45. The van der Waals surface area contributed by atoms with Crippen molar-refractivity contribution < 1.29 is 14.3 Å². The number of amides is 1. The molecular weight excluding hydrogens is 482 g/mol. The fourth-order valence-electron chi connectivity index (χ4n) is 4.50. The molecule has 3 aromatic rings. The van der Waals surface area contributed by atoms with Gasteiger partial charge in [0, 0.05) is 30.1 Å². The summed E-state index contributed by atoms with van der Waals surface area (Å²) in [6.07, 6.45) is 1.02. The first-order chi connectivity index (χ1) is 17.0. The molecule has 1 atom stereocenters. The lowest BCUT2D eigenvalue weighted by molar-refractivity contribution is 0.00792. The van der Waals surface area contributed by atoms with E-state index in [2.05, 4.69) is 21.1 Å².